The molecule has 0 unspecified atom stereocenters. The van der Waals surface area contributed by atoms with Gasteiger partial charge < -0.3 is 5.32 Å². The Bertz CT molecular complexity index is 330. The van der Waals surface area contributed by atoms with E-state index in [1.807, 2.05) is 6.92 Å². The van der Waals surface area contributed by atoms with Crippen LogP contribution < -0.4 is 5.32 Å². The largest absolute Gasteiger partial charge is 0.351 e. The molecule has 0 atom stereocenters. The van der Waals surface area contributed by atoms with Crippen molar-refractivity contribution in [2.45, 2.75) is 32.6 Å². The number of nitrogens with zero attached hydrogens (tertiary/aromatic N) is 2. The Morgan fingerprint density at radius 3 is 2.94 bits per heavy atom. The molecule has 0 aliphatic carbocycles. The van der Waals surface area contributed by atoms with Crippen LogP contribution in [0.2, 0.25) is 0 Å². The molecule has 0 saturated carbocycles. The van der Waals surface area contributed by atoms with E-state index in [0.29, 0.717) is 17.3 Å². The number of unbranched alkanes of at least 4 members (excludes halogenated alkanes) is 2. The highest BCUT2D eigenvalue weighted by Crippen LogP contribution is 2.10. The van der Waals surface area contributed by atoms with Gasteiger partial charge in [0.15, 0.2) is 0 Å². The first kappa shape index (κ1) is 13.4. The lowest BCUT2D eigenvalue weighted by atomic mass is 10.2. The number of hydrogen-bond donors (Lipinski definition) is 1. The van der Waals surface area contributed by atoms with Crippen LogP contribution >= 0.6 is 23.1 Å². The molecule has 0 bridgehead atoms. The molecule has 16 heavy (non-hydrogen) atoms. The second-order valence-electron chi connectivity index (χ2n) is 3.41. The summed E-state index contributed by atoms with van der Waals surface area (Å²) in [6.45, 7) is 2.66. The van der Waals surface area contributed by atoms with Crippen LogP contribution in [-0.4, -0.2) is 27.9 Å². The third-order valence-electron chi connectivity index (χ3n) is 2.19. The van der Waals surface area contributed by atoms with E-state index in [0.717, 1.165) is 42.9 Å². The number of halogens is 1. The number of amides is 1. The van der Waals surface area contributed by atoms with Crippen molar-refractivity contribution in [1.82, 2.24) is 14.9 Å². The fourth-order valence-corrected chi connectivity index (χ4v) is 2.15. The van der Waals surface area contributed by atoms with Gasteiger partial charge in [0.2, 0.25) is 0 Å². The molecular formula is C10H16ClN3OS. The highest BCUT2D eigenvalue weighted by Gasteiger charge is 2.13. The van der Waals surface area contributed by atoms with Crippen LogP contribution in [0, 0.1) is 0 Å². The van der Waals surface area contributed by atoms with Gasteiger partial charge in [0.05, 0.1) is 5.69 Å². The van der Waals surface area contributed by atoms with Crippen molar-refractivity contribution in [3.63, 3.8) is 0 Å². The van der Waals surface area contributed by atoms with Gasteiger partial charge in [0, 0.05) is 12.4 Å². The topological polar surface area (TPSA) is 54.9 Å². The van der Waals surface area contributed by atoms with Gasteiger partial charge in [0.1, 0.15) is 4.88 Å². The predicted octanol–water partition coefficient (Wildman–Crippen LogP) is 2.24. The van der Waals surface area contributed by atoms with Crippen molar-refractivity contribution in [1.29, 1.82) is 0 Å². The summed E-state index contributed by atoms with van der Waals surface area (Å²) in [5.74, 6) is 0.630. The average Bonchev–Trinajstić information content (AvgIpc) is 2.76. The van der Waals surface area contributed by atoms with Gasteiger partial charge in [0.25, 0.3) is 5.91 Å². The average molecular weight is 262 g/mol. The normalized spacial score (nSPS) is 10.4. The number of rotatable bonds is 7. The number of carbonyl (C=O) groups excluding carboxylic acids is 1. The Hall–Kier alpha value is -0.680. The van der Waals surface area contributed by atoms with E-state index >= 15 is 0 Å². The minimum absolute atomic E-state index is 0.0577. The highest BCUT2D eigenvalue weighted by atomic mass is 35.5. The Morgan fingerprint density at radius 1 is 1.44 bits per heavy atom. The highest BCUT2D eigenvalue weighted by molar-refractivity contribution is 7.08. The first-order valence-electron chi connectivity index (χ1n) is 5.45. The summed E-state index contributed by atoms with van der Waals surface area (Å²) in [6, 6.07) is 0. The van der Waals surface area contributed by atoms with Crippen molar-refractivity contribution in [3.05, 3.63) is 10.6 Å². The van der Waals surface area contributed by atoms with Crippen LogP contribution in [0.5, 0.6) is 0 Å². The molecule has 0 saturated heterocycles. The van der Waals surface area contributed by atoms with Gasteiger partial charge in [-0.1, -0.05) is 17.8 Å². The molecule has 4 nitrogen and oxygen atoms in total. The first-order chi connectivity index (χ1) is 7.79. The predicted molar refractivity (Wildman–Crippen MR) is 66.2 cm³/mol. The van der Waals surface area contributed by atoms with Gasteiger partial charge >= 0.3 is 0 Å². The zero-order valence-corrected chi connectivity index (χ0v) is 10.9. The summed E-state index contributed by atoms with van der Waals surface area (Å²) in [4.78, 5) is 12.4. The number of carbonyl (C=O) groups is 1. The van der Waals surface area contributed by atoms with Crippen molar-refractivity contribution in [2.75, 3.05) is 12.4 Å². The molecule has 0 fully saturated rings. The molecular weight excluding hydrogens is 246 g/mol. The molecule has 1 aromatic heterocycles. The fraction of sp³-hybridized carbons (Fsp3) is 0.700. The van der Waals surface area contributed by atoms with Crippen molar-refractivity contribution in [3.8, 4) is 0 Å². The zero-order valence-electron chi connectivity index (χ0n) is 9.33. The molecule has 0 aliphatic rings. The lowest BCUT2D eigenvalue weighted by Gasteiger charge is -2.03. The number of alkyl halides is 1. The van der Waals surface area contributed by atoms with Crippen LogP contribution in [0.25, 0.3) is 0 Å². The monoisotopic (exact) mass is 261 g/mol. The van der Waals surface area contributed by atoms with E-state index in [-0.39, 0.29) is 5.91 Å². The Morgan fingerprint density at radius 2 is 2.25 bits per heavy atom. The third-order valence-corrected chi connectivity index (χ3v) is 3.23. The van der Waals surface area contributed by atoms with Crippen LogP contribution in [0.3, 0.4) is 0 Å². The van der Waals surface area contributed by atoms with Gasteiger partial charge in [-0.15, -0.1) is 16.7 Å². The second kappa shape index (κ2) is 7.57. The van der Waals surface area contributed by atoms with E-state index in [1.54, 1.807) is 0 Å². The second-order valence-corrected chi connectivity index (χ2v) is 4.54. The Balaban J connectivity index is 2.30. The van der Waals surface area contributed by atoms with Crippen LogP contribution in [-0.2, 0) is 6.42 Å². The molecule has 1 N–H and O–H groups in total. The van der Waals surface area contributed by atoms with E-state index < -0.39 is 0 Å². The van der Waals surface area contributed by atoms with Crippen LogP contribution in [0.15, 0.2) is 0 Å². The number of aryl methyl sites for hydroxylation is 1. The Labute approximate surface area is 105 Å². The summed E-state index contributed by atoms with van der Waals surface area (Å²) >= 11 is 6.72. The number of hydrogen-bond acceptors (Lipinski definition) is 4. The van der Waals surface area contributed by atoms with E-state index in [1.165, 1.54) is 0 Å². The third kappa shape index (κ3) is 4.06. The fourth-order valence-electron chi connectivity index (χ4n) is 1.29. The van der Waals surface area contributed by atoms with E-state index in [2.05, 4.69) is 14.9 Å². The molecule has 1 heterocycles. The van der Waals surface area contributed by atoms with E-state index in [4.69, 9.17) is 11.6 Å². The lowest BCUT2D eigenvalue weighted by molar-refractivity contribution is 0.0956. The minimum Gasteiger partial charge on any atom is -0.351 e. The summed E-state index contributed by atoms with van der Waals surface area (Å²) in [6.07, 6.45) is 3.75. The van der Waals surface area contributed by atoms with Crippen molar-refractivity contribution >= 4 is 29.0 Å². The zero-order chi connectivity index (χ0) is 11.8. The van der Waals surface area contributed by atoms with Gasteiger partial charge in [-0.2, -0.15) is 0 Å². The van der Waals surface area contributed by atoms with Crippen molar-refractivity contribution in [2.24, 2.45) is 0 Å². The summed E-state index contributed by atoms with van der Waals surface area (Å²) in [5.41, 5.74) is 0.781. The van der Waals surface area contributed by atoms with Gasteiger partial charge in [-0.25, -0.2) is 0 Å². The molecule has 1 aromatic rings. The number of aromatic nitrogens is 2. The van der Waals surface area contributed by atoms with Crippen molar-refractivity contribution < 1.29 is 4.79 Å². The molecule has 0 aromatic carbocycles. The van der Waals surface area contributed by atoms with Crippen LogP contribution in [0.4, 0.5) is 0 Å². The summed E-state index contributed by atoms with van der Waals surface area (Å²) in [5, 5.41) is 6.77. The maximum atomic E-state index is 11.7. The van der Waals surface area contributed by atoms with Crippen LogP contribution in [0.1, 0.15) is 41.6 Å². The smallest absolute Gasteiger partial charge is 0.264 e. The van der Waals surface area contributed by atoms with Gasteiger partial charge in [-0.05, 0) is 30.8 Å². The maximum Gasteiger partial charge on any atom is 0.264 e. The maximum absolute atomic E-state index is 11.7. The Kier molecular flexibility index (Phi) is 6.33. The molecule has 90 valence electrons. The minimum atomic E-state index is -0.0577. The quantitative estimate of drug-likeness (QED) is 0.605. The standard InChI is InChI=1S/C10H16ClN3OS/c1-2-8-9(16-14-13-8)10(15)12-7-5-3-4-6-11/h2-7H2,1H3,(H,12,15). The first-order valence-corrected chi connectivity index (χ1v) is 6.75. The molecule has 0 spiro atoms. The van der Waals surface area contributed by atoms with Gasteiger partial charge in [-0.3, -0.25) is 4.79 Å². The molecule has 1 amide bonds. The summed E-state index contributed by atoms with van der Waals surface area (Å²) < 4.78 is 3.79. The molecule has 0 aliphatic heterocycles. The lowest BCUT2D eigenvalue weighted by Crippen LogP contribution is -2.24. The molecule has 1 rings (SSSR count). The summed E-state index contributed by atoms with van der Waals surface area (Å²) in [7, 11) is 0. The SMILES string of the molecule is CCc1nnsc1C(=O)NCCCCCCl. The van der Waals surface area contributed by atoms with E-state index in [9.17, 15) is 4.79 Å². The molecule has 6 heteroatoms. The number of nitrogens with one attached hydrogen (secondary N) is 1. The molecule has 0 radical (unpaired) electrons.